The zero-order valence-corrected chi connectivity index (χ0v) is 25.1. The summed E-state index contributed by atoms with van der Waals surface area (Å²) in [5, 5.41) is 1.04. The molecule has 0 amide bonds. The molecule has 0 aliphatic heterocycles. The van der Waals surface area contributed by atoms with Crippen LogP contribution in [0.25, 0.3) is 43.6 Å². The van der Waals surface area contributed by atoms with Gasteiger partial charge in [-0.25, -0.2) is 9.55 Å². The number of methoxy groups -OCH3 is 1. The van der Waals surface area contributed by atoms with Crippen LogP contribution in [0, 0.1) is 0 Å². The Morgan fingerprint density at radius 3 is 2.41 bits per heavy atom. The molecular formula is C32H29IN4OS. The van der Waals surface area contributed by atoms with Gasteiger partial charge in [-0.05, 0) is 73.7 Å². The van der Waals surface area contributed by atoms with Crippen molar-refractivity contribution in [3.63, 3.8) is 0 Å². The van der Waals surface area contributed by atoms with Crippen LogP contribution in [-0.2, 0) is 6.54 Å². The third-order valence-corrected chi connectivity index (χ3v) is 7.90. The fourth-order valence-corrected chi connectivity index (χ4v) is 5.81. The third kappa shape index (κ3) is 5.16. The second-order valence-electron chi connectivity index (χ2n) is 9.09. The number of aromatic nitrogens is 3. The zero-order valence-electron chi connectivity index (χ0n) is 22.1. The number of aryl methyl sites for hydroxylation is 1. The second-order valence-corrected chi connectivity index (χ2v) is 10.1. The Morgan fingerprint density at radius 2 is 1.69 bits per heavy atom. The number of imidazole rings is 1. The van der Waals surface area contributed by atoms with E-state index in [9.17, 15) is 0 Å². The lowest BCUT2D eigenvalue weighted by molar-refractivity contribution is -0.670. The summed E-state index contributed by atoms with van der Waals surface area (Å²) < 4.78 is 11.3. The topological polar surface area (TPSA) is 34.2 Å². The molecule has 0 saturated carbocycles. The lowest BCUT2D eigenvalue weighted by Gasteiger charge is -2.13. The number of hydrogen-bond donors (Lipinski definition) is 0. The Balaban J connectivity index is 0.00000308. The Kier molecular flexibility index (Phi) is 7.99. The van der Waals surface area contributed by atoms with Gasteiger partial charge in [-0.2, -0.15) is 4.57 Å². The smallest absolute Gasteiger partial charge is 0.289 e. The van der Waals surface area contributed by atoms with Gasteiger partial charge in [-0.3, -0.25) is 0 Å². The first-order chi connectivity index (χ1) is 18.7. The minimum absolute atomic E-state index is 0. The maximum atomic E-state index is 5.43. The van der Waals surface area contributed by atoms with Gasteiger partial charge in [0.2, 0.25) is 0 Å². The van der Waals surface area contributed by atoms with Crippen LogP contribution in [0.15, 0.2) is 103 Å². The monoisotopic (exact) mass is 644 g/mol. The quantitative estimate of drug-likeness (QED) is 0.192. The lowest BCUT2D eigenvalue weighted by Crippen LogP contribution is -3.00. The van der Waals surface area contributed by atoms with Crippen molar-refractivity contribution in [2.75, 3.05) is 19.1 Å². The molecule has 2 heterocycles. The fourth-order valence-electron chi connectivity index (χ4n) is 4.85. The number of anilines is 1. The van der Waals surface area contributed by atoms with Gasteiger partial charge in [0, 0.05) is 30.6 Å². The number of halogens is 1. The van der Waals surface area contributed by atoms with Crippen molar-refractivity contribution >= 4 is 44.4 Å². The van der Waals surface area contributed by atoms with Crippen LogP contribution in [0.3, 0.4) is 0 Å². The van der Waals surface area contributed by atoms with Gasteiger partial charge in [-0.15, -0.1) is 11.3 Å². The van der Waals surface area contributed by atoms with Gasteiger partial charge < -0.3 is 33.6 Å². The third-order valence-electron chi connectivity index (χ3n) is 6.81. The predicted molar refractivity (Wildman–Crippen MR) is 158 cm³/mol. The Bertz CT molecular complexity index is 1720. The predicted octanol–water partition coefficient (Wildman–Crippen LogP) is 4.33. The van der Waals surface area contributed by atoms with Gasteiger partial charge in [0.05, 0.1) is 23.9 Å². The van der Waals surface area contributed by atoms with E-state index in [-0.39, 0.29) is 24.0 Å². The highest BCUT2D eigenvalue weighted by molar-refractivity contribution is 7.21. The summed E-state index contributed by atoms with van der Waals surface area (Å²) in [7, 11) is 3.77. The summed E-state index contributed by atoms with van der Waals surface area (Å²) in [6.45, 7) is 3.03. The fraction of sp³-hybridized carbons (Fsp3) is 0.125. The molecule has 5 nitrogen and oxygen atoms in total. The summed E-state index contributed by atoms with van der Waals surface area (Å²) in [6.07, 6.45) is 4.32. The molecule has 0 atom stereocenters. The second kappa shape index (κ2) is 11.6. The maximum absolute atomic E-state index is 5.43. The highest BCUT2D eigenvalue weighted by Crippen LogP contribution is 2.33. The van der Waals surface area contributed by atoms with Crippen molar-refractivity contribution in [3.05, 3.63) is 109 Å². The van der Waals surface area contributed by atoms with E-state index < -0.39 is 0 Å². The SMILES string of the molecule is CC[n+]1c(/C=C/N(C)c2ccccc2)n(-c2ccc(OC)cc2)c2ccc(-c3nc4ccccc4s3)cc21.[I-]. The number of para-hydroxylation sites is 2. The molecule has 0 saturated heterocycles. The summed E-state index contributed by atoms with van der Waals surface area (Å²) in [5.41, 5.74) is 6.70. The molecule has 0 spiro atoms. The highest BCUT2D eigenvalue weighted by Gasteiger charge is 2.25. The van der Waals surface area contributed by atoms with E-state index in [0.717, 1.165) is 51.1 Å². The highest BCUT2D eigenvalue weighted by atomic mass is 127. The Hall–Kier alpha value is -3.69. The van der Waals surface area contributed by atoms with E-state index in [4.69, 9.17) is 9.72 Å². The normalized spacial score (nSPS) is 11.3. The van der Waals surface area contributed by atoms with E-state index in [1.54, 1.807) is 18.4 Å². The summed E-state index contributed by atoms with van der Waals surface area (Å²) >= 11 is 1.73. The molecule has 4 aromatic carbocycles. The number of benzene rings is 4. The van der Waals surface area contributed by atoms with Crippen LogP contribution in [0.4, 0.5) is 5.69 Å². The van der Waals surface area contributed by atoms with Gasteiger partial charge in [0.15, 0.2) is 11.0 Å². The minimum Gasteiger partial charge on any atom is -1.00 e. The molecule has 6 rings (SSSR count). The molecule has 2 aromatic heterocycles. The number of fused-ring (bicyclic) bond motifs is 2. The van der Waals surface area contributed by atoms with Crippen molar-refractivity contribution < 1.29 is 33.3 Å². The average molecular weight is 645 g/mol. The molecule has 39 heavy (non-hydrogen) atoms. The summed E-state index contributed by atoms with van der Waals surface area (Å²) in [4.78, 5) is 7.05. The lowest BCUT2D eigenvalue weighted by atomic mass is 10.2. The zero-order chi connectivity index (χ0) is 26.1. The molecule has 0 aliphatic rings. The maximum Gasteiger partial charge on any atom is 0.289 e. The number of nitrogens with zero attached hydrogens (tertiary/aromatic N) is 4. The van der Waals surface area contributed by atoms with Crippen molar-refractivity contribution in [2.45, 2.75) is 13.5 Å². The standard InChI is InChI=1S/C32H29N4OS.HI/c1-4-35-29-22-23(32-33-27-12-8-9-13-30(27)38-32)14-19-28(29)36(25-15-17-26(37-3)18-16-25)31(35)20-21-34(2)24-10-6-5-7-11-24;/h5-22H,4H2,1-3H3;1H/q+1;/p-1. The van der Waals surface area contributed by atoms with Crippen LogP contribution in [-0.4, -0.2) is 23.7 Å². The van der Waals surface area contributed by atoms with E-state index in [1.165, 1.54) is 10.2 Å². The van der Waals surface area contributed by atoms with Crippen LogP contribution < -0.4 is 38.2 Å². The average Bonchev–Trinajstić information content (AvgIpc) is 3.55. The van der Waals surface area contributed by atoms with E-state index in [0.29, 0.717) is 0 Å². The summed E-state index contributed by atoms with van der Waals surface area (Å²) in [5.74, 6) is 1.93. The van der Waals surface area contributed by atoms with Gasteiger partial charge in [0.25, 0.3) is 5.82 Å². The number of hydrogen-bond acceptors (Lipinski definition) is 4. The molecule has 0 fully saturated rings. The van der Waals surface area contributed by atoms with E-state index in [1.807, 2.05) is 24.3 Å². The molecule has 0 aliphatic carbocycles. The van der Waals surface area contributed by atoms with Crippen LogP contribution in [0.1, 0.15) is 12.7 Å². The van der Waals surface area contributed by atoms with Crippen molar-refractivity contribution in [2.24, 2.45) is 0 Å². The first kappa shape index (κ1) is 26.9. The number of ether oxygens (including phenoxy) is 1. The number of rotatable bonds is 7. The molecule has 0 N–H and O–H groups in total. The molecule has 7 heteroatoms. The number of thiazole rings is 1. The Morgan fingerprint density at radius 1 is 0.949 bits per heavy atom. The van der Waals surface area contributed by atoms with Crippen molar-refractivity contribution in [1.82, 2.24) is 9.55 Å². The van der Waals surface area contributed by atoms with Gasteiger partial charge >= 0.3 is 0 Å². The van der Waals surface area contributed by atoms with E-state index >= 15 is 0 Å². The van der Waals surface area contributed by atoms with Crippen molar-refractivity contribution in [1.29, 1.82) is 0 Å². The van der Waals surface area contributed by atoms with Crippen molar-refractivity contribution in [3.8, 4) is 22.0 Å². The van der Waals surface area contributed by atoms with E-state index in [2.05, 4.69) is 113 Å². The molecule has 6 aromatic rings. The van der Waals surface area contributed by atoms with Gasteiger partial charge in [0.1, 0.15) is 16.4 Å². The molecule has 0 bridgehead atoms. The molecular weight excluding hydrogens is 615 g/mol. The minimum atomic E-state index is 0. The Labute approximate surface area is 249 Å². The van der Waals surface area contributed by atoms with Crippen LogP contribution in [0.5, 0.6) is 5.75 Å². The summed E-state index contributed by atoms with van der Waals surface area (Å²) in [6, 6.07) is 33.6. The molecule has 196 valence electrons. The molecule has 0 radical (unpaired) electrons. The first-order valence-electron chi connectivity index (χ1n) is 12.7. The van der Waals surface area contributed by atoms with Crippen LogP contribution >= 0.6 is 11.3 Å². The van der Waals surface area contributed by atoms with Gasteiger partial charge in [-0.1, -0.05) is 30.3 Å². The largest absolute Gasteiger partial charge is 1.00 e. The first-order valence-corrected chi connectivity index (χ1v) is 13.5. The molecule has 0 unspecified atom stereocenters. The van der Waals surface area contributed by atoms with Crippen LogP contribution in [0.2, 0.25) is 0 Å².